The molecule has 6 heteroatoms. The fourth-order valence-corrected chi connectivity index (χ4v) is 3.47. The van der Waals surface area contributed by atoms with Gasteiger partial charge in [-0.2, -0.15) is 5.10 Å². The van der Waals surface area contributed by atoms with Gasteiger partial charge in [0, 0.05) is 32.4 Å². The van der Waals surface area contributed by atoms with E-state index in [1.165, 1.54) is 0 Å². The van der Waals surface area contributed by atoms with Crippen LogP contribution in [0, 0.1) is 5.82 Å². The van der Waals surface area contributed by atoms with Gasteiger partial charge in [-0.25, -0.2) is 4.39 Å². The zero-order valence-electron chi connectivity index (χ0n) is 13.5. The molecule has 0 aliphatic carbocycles. The third-order valence-electron chi connectivity index (χ3n) is 4.51. The Balaban J connectivity index is 1.76. The van der Waals surface area contributed by atoms with Gasteiger partial charge < -0.3 is 5.32 Å². The number of nitrogens with zero attached hydrogens (tertiary/aromatic N) is 3. The first-order valence-corrected chi connectivity index (χ1v) is 8.37. The molecule has 1 aromatic carbocycles. The minimum atomic E-state index is -0.351. The van der Waals surface area contributed by atoms with Gasteiger partial charge in [0.15, 0.2) is 0 Å². The van der Waals surface area contributed by atoms with Crippen LogP contribution in [0.25, 0.3) is 0 Å². The number of aromatic nitrogens is 2. The summed E-state index contributed by atoms with van der Waals surface area (Å²) in [4.78, 5) is 2.37. The molecule has 0 spiro atoms. The van der Waals surface area contributed by atoms with Crippen LogP contribution in [0.5, 0.6) is 0 Å². The number of likely N-dealkylation sites (N-methyl/N-ethyl adjacent to an activating group) is 1. The van der Waals surface area contributed by atoms with Crippen LogP contribution in [0.15, 0.2) is 30.5 Å². The maximum absolute atomic E-state index is 13.9. The molecule has 0 saturated carbocycles. The molecule has 2 heterocycles. The first-order valence-electron chi connectivity index (χ1n) is 7.99. The van der Waals surface area contributed by atoms with E-state index in [1.807, 2.05) is 25.4 Å². The Bertz CT molecular complexity index is 672. The quantitative estimate of drug-likeness (QED) is 0.910. The van der Waals surface area contributed by atoms with Crippen molar-refractivity contribution < 1.29 is 4.39 Å². The summed E-state index contributed by atoms with van der Waals surface area (Å²) in [5, 5.41) is 8.16. The van der Waals surface area contributed by atoms with Crippen LogP contribution in [0.3, 0.4) is 0 Å². The molecule has 1 N–H and O–H groups in total. The van der Waals surface area contributed by atoms with Crippen LogP contribution >= 0.6 is 11.6 Å². The molecule has 1 saturated heterocycles. The Morgan fingerprint density at radius 3 is 2.87 bits per heavy atom. The highest BCUT2D eigenvalue weighted by atomic mass is 35.5. The van der Waals surface area contributed by atoms with Gasteiger partial charge in [0.2, 0.25) is 0 Å². The number of rotatable bonds is 5. The standard InChI is InChI=1S/C17H22ClFN4/c1-3-23-9-7-16(20-11-13-6-8-22(2)21-13)17(23)12-4-5-14(18)15(19)10-12/h4-6,8,10,16-17,20H,3,7,9,11H2,1-2H3/t16-,17+/m0/s1. The Labute approximate surface area is 141 Å². The molecule has 0 amide bonds. The molecular formula is C17H22ClFN4. The van der Waals surface area contributed by atoms with E-state index in [0.29, 0.717) is 0 Å². The molecule has 1 fully saturated rings. The van der Waals surface area contributed by atoms with Crippen molar-refractivity contribution in [1.82, 2.24) is 20.0 Å². The van der Waals surface area contributed by atoms with Gasteiger partial charge in [0.25, 0.3) is 0 Å². The highest BCUT2D eigenvalue weighted by molar-refractivity contribution is 6.30. The van der Waals surface area contributed by atoms with Gasteiger partial charge in [0.05, 0.1) is 16.8 Å². The molecule has 1 aliphatic rings. The van der Waals surface area contributed by atoms with Crippen molar-refractivity contribution in [2.45, 2.75) is 32.0 Å². The molecule has 4 nitrogen and oxygen atoms in total. The van der Waals surface area contributed by atoms with E-state index in [2.05, 4.69) is 22.2 Å². The summed E-state index contributed by atoms with van der Waals surface area (Å²) in [6, 6.07) is 7.59. The largest absolute Gasteiger partial charge is 0.306 e. The van der Waals surface area contributed by atoms with Crippen LogP contribution in [0.1, 0.15) is 30.6 Å². The number of nitrogens with one attached hydrogen (secondary N) is 1. The maximum Gasteiger partial charge on any atom is 0.142 e. The predicted octanol–water partition coefficient (Wildman–Crippen LogP) is 3.14. The minimum absolute atomic E-state index is 0.162. The van der Waals surface area contributed by atoms with Crippen molar-refractivity contribution in [1.29, 1.82) is 0 Å². The highest BCUT2D eigenvalue weighted by Gasteiger charge is 2.34. The number of hydrogen-bond acceptors (Lipinski definition) is 3. The van der Waals surface area contributed by atoms with Gasteiger partial charge in [-0.05, 0) is 36.7 Å². The average Bonchev–Trinajstić information content (AvgIpc) is 3.13. The Hall–Kier alpha value is -1.43. The number of halogens is 2. The summed E-state index contributed by atoms with van der Waals surface area (Å²) >= 11 is 5.82. The summed E-state index contributed by atoms with van der Waals surface area (Å²) in [5.74, 6) is -0.351. The second-order valence-electron chi connectivity index (χ2n) is 6.00. The van der Waals surface area contributed by atoms with E-state index in [0.717, 1.165) is 37.3 Å². The van der Waals surface area contributed by atoms with E-state index >= 15 is 0 Å². The van der Waals surface area contributed by atoms with E-state index in [9.17, 15) is 4.39 Å². The van der Waals surface area contributed by atoms with Gasteiger partial charge in [0.1, 0.15) is 5.82 Å². The lowest BCUT2D eigenvalue weighted by atomic mass is 9.99. The smallest absolute Gasteiger partial charge is 0.142 e. The lowest BCUT2D eigenvalue weighted by Crippen LogP contribution is -2.36. The predicted molar refractivity (Wildman–Crippen MR) is 89.9 cm³/mol. The third-order valence-corrected chi connectivity index (χ3v) is 4.81. The molecule has 1 aromatic heterocycles. The highest BCUT2D eigenvalue weighted by Crippen LogP contribution is 2.33. The fraction of sp³-hybridized carbons (Fsp3) is 0.471. The van der Waals surface area contributed by atoms with Crippen LogP contribution in [-0.2, 0) is 13.6 Å². The molecule has 23 heavy (non-hydrogen) atoms. The zero-order valence-corrected chi connectivity index (χ0v) is 14.2. The van der Waals surface area contributed by atoms with Gasteiger partial charge in [-0.1, -0.05) is 24.6 Å². The first kappa shape index (κ1) is 16.4. The number of aryl methyl sites for hydroxylation is 1. The van der Waals surface area contributed by atoms with E-state index in [4.69, 9.17) is 11.6 Å². The van der Waals surface area contributed by atoms with E-state index < -0.39 is 0 Å². The number of benzene rings is 1. The molecule has 124 valence electrons. The maximum atomic E-state index is 13.9. The third kappa shape index (κ3) is 3.57. The lowest BCUT2D eigenvalue weighted by Gasteiger charge is -2.28. The number of hydrogen-bond donors (Lipinski definition) is 1. The van der Waals surface area contributed by atoms with Crippen molar-refractivity contribution in [3.8, 4) is 0 Å². The summed E-state index contributed by atoms with van der Waals surface area (Å²) in [5.41, 5.74) is 1.99. The van der Waals surface area contributed by atoms with Crippen molar-refractivity contribution in [3.63, 3.8) is 0 Å². The normalized spacial score (nSPS) is 21.9. The van der Waals surface area contributed by atoms with Gasteiger partial charge in [-0.3, -0.25) is 9.58 Å². The second kappa shape index (κ2) is 6.99. The van der Waals surface area contributed by atoms with Crippen LogP contribution < -0.4 is 5.32 Å². The van der Waals surface area contributed by atoms with Crippen molar-refractivity contribution in [3.05, 3.63) is 52.6 Å². The monoisotopic (exact) mass is 336 g/mol. The topological polar surface area (TPSA) is 33.1 Å². The summed E-state index contributed by atoms with van der Waals surface area (Å²) < 4.78 is 15.7. The van der Waals surface area contributed by atoms with Crippen LogP contribution in [-0.4, -0.2) is 33.8 Å². The molecule has 3 rings (SSSR count). The minimum Gasteiger partial charge on any atom is -0.306 e. The van der Waals surface area contributed by atoms with Crippen molar-refractivity contribution >= 4 is 11.6 Å². The first-order chi connectivity index (χ1) is 11.1. The fourth-order valence-electron chi connectivity index (χ4n) is 3.36. The van der Waals surface area contributed by atoms with Crippen LogP contribution in [0.4, 0.5) is 4.39 Å². The van der Waals surface area contributed by atoms with Crippen molar-refractivity contribution in [2.75, 3.05) is 13.1 Å². The molecule has 2 aromatic rings. The Morgan fingerprint density at radius 2 is 2.22 bits per heavy atom. The molecule has 0 radical (unpaired) electrons. The SMILES string of the molecule is CCN1CC[C@H](NCc2ccn(C)n2)[C@H]1c1ccc(Cl)c(F)c1. The van der Waals surface area contributed by atoms with Crippen molar-refractivity contribution in [2.24, 2.45) is 7.05 Å². The summed E-state index contributed by atoms with van der Waals surface area (Å²) in [6.45, 7) is 4.80. The van der Waals surface area contributed by atoms with Gasteiger partial charge in [-0.15, -0.1) is 0 Å². The van der Waals surface area contributed by atoms with E-state index in [1.54, 1.807) is 16.8 Å². The van der Waals surface area contributed by atoms with Crippen LogP contribution in [0.2, 0.25) is 5.02 Å². The molecule has 1 aliphatic heterocycles. The lowest BCUT2D eigenvalue weighted by molar-refractivity contribution is 0.247. The van der Waals surface area contributed by atoms with E-state index in [-0.39, 0.29) is 22.9 Å². The van der Waals surface area contributed by atoms with Gasteiger partial charge >= 0.3 is 0 Å². The Morgan fingerprint density at radius 1 is 1.39 bits per heavy atom. The molecule has 2 atom stereocenters. The molecular weight excluding hydrogens is 315 g/mol. The average molecular weight is 337 g/mol. The molecule has 0 bridgehead atoms. The zero-order chi connectivity index (χ0) is 16.4. The summed E-state index contributed by atoms with van der Waals surface area (Å²) in [6.07, 6.45) is 2.98. The molecule has 0 unspecified atom stereocenters. The number of likely N-dealkylation sites (tertiary alicyclic amines) is 1. The second-order valence-corrected chi connectivity index (χ2v) is 6.41. The Kier molecular flexibility index (Phi) is 4.99. The summed E-state index contributed by atoms with van der Waals surface area (Å²) in [7, 11) is 1.91.